The average molecular weight is 737 g/mol. The van der Waals surface area contributed by atoms with Gasteiger partial charge in [0.25, 0.3) is 11.5 Å². The summed E-state index contributed by atoms with van der Waals surface area (Å²) < 4.78 is 30.1. The molecular weight excluding hydrogens is 700 g/mol. The first-order valence-corrected chi connectivity index (χ1v) is 17.6. The van der Waals surface area contributed by atoms with Gasteiger partial charge in [0.05, 0.1) is 31.6 Å². The number of carbonyl (C=O) groups excluding carboxylic acids is 1. The normalized spacial score (nSPS) is 29.3. The Morgan fingerprint density at radius 2 is 1.76 bits per heavy atom. The monoisotopic (exact) mass is 736 g/mol. The van der Waals surface area contributed by atoms with E-state index in [0.717, 1.165) is 5.56 Å². The first kappa shape index (κ1) is 34.2. The molecule has 17 nitrogen and oxygen atoms in total. The summed E-state index contributed by atoms with van der Waals surface area (Å²) in [5, 5.41) is 22.0. The number of fused-ring (bicyclic) bond motifs is 3. The maximum absolute atomic E-state index is 13.4. The van der Waals surface area contributed by atoms with Crippen LogP contribution in [0.15, 0.2) is 99.7 Å². The lowest BCUT2D eigenvalue weighted by atomic mass is 9.69. The molecule has 8 atom stereocenters. The Balaban J connectivity index is 0.977. The van der Waals surface area contributed by atoms with Gasteiger partial charge >= 0.3 is 11.4 Å². The first-order chi connectivity index (χ1) is 26.2. The molecule has 4 aliphatic heterocycles. The number of carbonyl (C=O) groups is 1. The zero-order chi connectivity index (χ0) is 37.2. The zero-order valence-corrected chi connectivity index (χ0v) is 29.0. The number of aromatic amines is 1. The standard InChI is InChI=1S/C37H36N8O9/c1-21-16-44(35(50)40-30(21)47)32-25-15-36(19-46,53-32)28(25)45-17-24(41-42-45)14-37-20-52-27(29(37)51-18-22-8-4-2-5-9-22)33(54-37)43-13-12-26(39-34(43)49)38-31(48)23-10-6-3-7-11-23/h2-13,16-17,25,27-29,32-33,46H,14-15,18-20H2,1H3,(H,40,47,50)(H,38,39,48,49)/t25?,27-,28+,29+,32-,33-,36-,37+/m1/s1. The van der Waals surface area contributed by atoms with Gasteiger partial charge < -0.3 is 29.4 Å². The second-order valence-corrected chi connectivity index (χ2v) is 14.3. The van der Waals surface area contributed by atoms with Crippen LogP contribution in [0.5, 0.6) is 0 Å². The van der Waals surface area contributed by atoms with Crippen molar-refractivity contribution in [3.63, 3.8) is 0 Å². The minimum absolute atomic E-state index is 0.0924. The highest BCUT2D eigenvalue weighted by atomic mass is 16.7. The Labute approximate surface area is 306 Å². The van der Waals surface area contributed by atoms with Gasteiger partial charge in [-0.05, 0) is 37.1 Å². The third-order valence-electron chi connectivity index (χ3n) is 10.9. The molecule has 1 saturated carbocycles. The highest BCUT2D eigenvalue weighted by Gasteiger charge is 2.68. The van der Waals surface area contributed by atoms with E-state index in [4.69, 9.17) is 18.9 Å². The fourth-order valence-electron chi connectivity index (χ4n) is 8.29. The lowest BCUT2D eigenvalue weighted by molar-refractivity contribution is -0.175. The molecule has 3 N–H and O–H groups in total. The molecule has 17 heteroatoms. The quantitative estimate of drug-likeness (QED) is 0.175. The van der Waals surface area contributed by atoms with E-state index in [1.807, 2.05) is 30.3 Å². The van der Waals surface area contributed by atoms with Gasteiger partial charge in [-0.15, -0.1) is 5.10 Å². The van der Waals surface area contributed by atoms with Gasteiger partial charge in [-0.2, -0.15) is 4.98 Å². The van der Waals surface area contributed by atoms with Crippen molar-refractivity contribution >= 4 is 11.7 Å². The van der Waals surface area contributed by atoms with E-state index in [9.17, 15) is 24.3 Å². The van der Waals surface area contributed by atoms with Crippen molar-refractivity contribution in [3.8, 4) is 0 Å². The van der Waals surface area contributed by atoms with Crippen LogP contribution in [0.3, 0.4) is 0 Å². The zero-order valence-electron chi connectivity index (χ0n) is 29.0. The number of aryl methyl sites for hydroxylation is 1. The van der Waals surface area contributed by atoms with Crippen LogP contribution in [-0.4, -0.2) is 81.7 Å². The number of anilines is 1. The van der Waals surface area contributed by atoms with Gasteiger partial charge in [0.15, 0.2) is 6.23 Å². The van der Waals surface area contributed by atoms with Crippen molar-refractivity contribution in [2.24, 2.45) is 5.92 Å². The molecule has 1 amide bonds. The van der Waals surface area contributed by atoms with Crippen molar-refractivity contribution in [2.45, 2.75) is 68.3 Å². The maximum atomic E-state index is 13.4. The highest BCUT2D eigenvalue weighted by molar-refractivity contribution is 6.03. The number of aromatic nitrogens is 7. The molecule has 4 saturated heterocycles. The van der Waals surface area contributed by atoms with E-state index < -0.39 is 64.8 Å². The topological polar surface area (TPSA) is 207 Å². The van der Waals surface area contributed by atoms with Gasteiger partial charge in [-0.25, -0.2) is 14.3 Å². The fraction of sp³-hybridized carbons (Fsp3) is 0.378. The second-order valence-electron chi connectivity index (χ2n) is 14.3. The van der Waals surface area contributed by atoms with Crippen LogP contribution in [-0.2, 0) is 32.0 Å². The number of nitrogens with one attached hydrogen (secondary N) is 2. The number of amides is 1. The largest absolute Gasteiger partial charge is 0.393 e. The molecule has 54 heavy (non-hydrogen) atoms. The molecule has 10 rings (SSSR count). The minimum atomic E-state index is -1.07. The summed E-state index contributed by atoms with van der Waals surface area (Å²) >= 11 is 0. The molecule has 0 spiro atoms. The van der Waals surface area contributed by atoms with E-state index >= 15 is 0 Å². The van der Waals surface area contributed by atoms with Crippen molar-refractivity contribution in [2.75, 3.05) is 18.5 Å². The highest BCUT2D eigenvalue weighted by Crippen LogP contribution is 2.62. The molecule has 5 aliphatic rings. The lowest BCUT2D eigenvalue weighted by Gasteiger charge is -2.42. The van der Waals surface area contributed by atoms with Crippen LogP contribution in [0.4, 0.5) is 5.82 Å². The summed E-state index contributed by atoms with van der Waals surface area (Å²) in [6.07, 6.45) is 2.51. The summed E-state index contributed by atoms with van der Waals surface area (Å²) in [6.45, 7) is 1.71. The minimum Gasteiger partial charge on any atom is -0.393 e. The molecule has 0 radical (unpaired) electrons. The van der Waals surface area contributed by atoms with Gasteiger partial charge in [0.1, 0.15) is 35.5 Å². The number of hydrogen-bond donors (Lipinski definition) is 3. The van der Waals surface area contributed by atoms with Crippen molar-refractivity contribution in [1.82, 2.24) is 34.1 Å². The number of H-pyrrole nitrogens is 1. The summed E-state index contributed by atoms with van der Waals surface area (Å²) in [4.78, 5) is 57.3. The van der Waals surface area contributed by atoms with Gasteiger partial charge in [0.2, 0.25) is 0 Å². The van der Waals surface area contributed by atoms with Crippen LogP contribution in [0, 0.1) is 12.8 Å². The number of nitrogens with zero attached hydrogens (tertiary/aromatic N) is 6. The maximum Gasteiger partial charge on any atom is 0.351 e. The smallest absolute Gasteiger partial charge is 0.351 e. The summed E-state index contributed by atoms with van der Waals surface area (Å²) in [5.41, 5.74) is -1.51. The number of benzene rings is 2. The number of rotatable bonds is 11. The van der Waals surface area contributed by atoms with Gasteiger partial charge in [0, 0.05) is 42.1 Å². The van der Waals surface area contributed by atoms with Crippen molar-refractivity contribution in [1.29, 1.82) is 0 Å². The molecular formula is C37H36N8O9. The number of ether oxygens (including phenoxy) is 4. The molecule has 1 aliphatic carbocycles. The number of aliphatic hydroxyl groups is 1. The predicted octanol–water partition coefficient (Wildman–Crippen LogP) is 1.26. The molecule has 5 aromatic rings. The van der Waals surface area contributed by atoms with E-state index in [1.54, 1.807) is 48.1 Å². The van der Waals surface area contributed by atoms with Crippen LogP contribution in [0.2, 0.25) is 0 Å². The Morgan fingerprint density at radius 3 is 2.52 bits per heavy atom. The van der Waals surface area contributed by atoms with E-state index in [-0.39, 0.29) is 38.0 Å². The van der Waals surface area contributed by atoms with Crippen LogP contribution in [0.25, 0.3) is 0 Å². The summed E-state index contributed by atoms with van der Waals surface area (Å²) in [5.74, 6) is -0.542. The molecule has 3 aromatic heterocycles. The van der Waals surface area contributed by atoms with E-state index in [1.165, 1.54) is 27.6 Å². The van der Waals surface area contributed by atoms with Crippen LogP contribution in [0.1, 0.15) is 52.1 Å². The molecule has 7 heterocycles. The van der Waals surface area contributed by atoms with Crippen molar-refractivity contribution in [3.05, 3.63) is 139 Å². The molecule has 1 unspecified atom stereocenters. The van der Waals surface area contributed by atoms with E-state index in [2.05, 4.69) is 25.6 Å². The number of hydrogen-bond acceptors (Lipinski definition) is 12. The van der Waals surface area contributed by atoms with Crippen LogP contribution < -0.4 is 22.3 Å². The second kappa shape index (κ2) is 13.1. The Hall–Kier alpha value is -5.59. The lowest BCUT2D eigenvalue weighted by Crippen LogP contribution is -2.51. The summed E-state index contributed by atoms with van der Waals surface area (Å²) in [6, 6.07) is 19.4. The third-order valence-corrected chi connectivity index (χ3v) is 10.9. The fourth-order valence-corrected chi connectivity index (χ4v) is 8.29. The molecule has 5 fully saturated rings. The Bertz CT molecular complexity index is 2400. The number of aliphatic hydroxyl groups excluding tert-OH is 1. The average Bonchev–Trinajstić information content (AvgIpc) is 3.98. The van der Waals surface area contributed by atoms with Crippen molar-refractivity contribution < 1.29 is 28.8 Å². The molecule has 2 aromatic carbocycles. The Kier molecular flexibility index (Phi) is 8.27. The van der Waals surface area contributed by atoms with Gasteiger partial charge in [-0.1, -0.05) is 53.7 Å². The third kappa shape index (κ3) is 5.63. The summed E-state index contributed by atoms with van der Waals surface area (Å²) in [7, 11) is 0. The molecule has 4 bridgehead atoms. The van der Waals surface area contributed by atoms with E-state index in [0.29, 0.717) is 23.2 Å². The SMILES string of the molecule is Cc1cn([C@@H]2O[C@@]3(CO)CC2[C@@H]3n2cc(C[C@@]34CO[C@@H]([C@H](n5ccc(NC(=O)c6ccccc6)nc5=O)O3)[C@@H]4OCc3ccccc3)nn2)c(=O)[nH]c1=O. The Morgan fingerprint density at radius 1 is 1.00 bits per heavy atom. The van der Waals surface area contributed by atoms with Crippen LogP contribution >= 0.6 is 0 Å². The van der Waals surface area contributed by atoms with Gasteiger partial charge in [-0.3, -0.25) is 23.7 Å². The molecule has 278 valence electrons. The first-order valence-electron chi connectivity index (χ1n) is 17.6. The predicted molar refractivity (Wildman–Crippen MR) is 187 cm³/mol.